The third-order valence-electron chi connectivity index (χ3n) is 3.60. The number of nitrogens with zero attached hydrogens (tertiary/aromatic N) is 4. The number of methoxy groups -OCH3 is 1. The number of aryl methyl sites for hydroxylation is 1. The predicted octanol–water partition coefficient (Wildman–Crippen LogP) is 2.88. The molecule has 1 N–H and O–H groups in total. The lowest BCUT2D eigenvalue weighted by molar-refractivity contribution is 0.109. The number of aromatic nitrogens is 4. The highest BCUT2D eigenvalue weighted by Gasteiger charge is 2.13. The first-order valence-electron chi connectivity index (χ1n) is 7.38. The number of hydrogen-bond acceptors (Lipinski definition) is 6. The Morgan fingerprint density at radius 3 is 2.87 bits per heavy atom. The number of ether oxygens (including phenoxy) is 1. The number of rotatable bonds is 6. The number of para-hydroxylation sites is 2. The lowest BCUT2D eigenvalue weighted by Gasteiger charge is -2.11. The fourth-order valence-corrected chi connectivity index (χ4v) is 2.21. The van der Waals surface area contributed by atoms with Gasteiger partial charge in [0.15, 0.2) is 5.82 Å². The first-order chi connectivity index (χ1) is 11.2. The molecule has 3 aromatic rings. The molecule has 0 saturated heterocycles. The van der Waals surface area contributed by atoms with E-state index in [0.717, 1.165) is 17.1 Å². The molecule has 7 nitrogen and oxygen atoms in total. The quantitative estimate of drug-likeness (QED) is 0.754. The average molecular weight is 313 g/mol. The summed E-state index contributed by atoms with van der Waals surface area (Å²) in [7, 11) is 1.61. The normalized spacial score (nSPS) is 12.3. The Balaban J connectivity index is 1.77. The fraction of sp³-hybridized carbons (Fsp3) is 0.312. The van der Waals surface area contributed by atoms with E-state index in [1.54, 1.807) is 13.3 Å². The molecule has 0 aliphatic heterocycles. The molecule has 0 aliphatic rings. The predicted molar refractivity (Wildman–Crippen MR) is 85.3 cm³/mol. The minimum absolute atomic E-state index is 0.188. The van der Waals surface area contributed by atoms with Crippen molar-refractivity contribution in [1.29, 1.82) is 0 Å². The molecule has 0 bridgehead atoms. The van der Waals surface area contributed by atoms with Crippen molar-refractivity contribution in [2.24, 2.45) is 0 Å². The molecule has 2 aromatic heterocycles. The minimum Gasteiger partial charge on any atom is -0.374 e. The van der Waals surface area contributed by atoms with Crippen molar-refractivity contribution < 1.29 is 9.26 Å². The van der Waals surface area contributed by atoms with Crippen molar-refractivity contribution in [2.45, 2.75) is 26.5 Å². The second-order valence-electron chi connectivity index (χ2n) is 5.18. The van der Waals surface area contributed by atoms with E-state index < -0.39 is 0 Å². The molecule has 3 rings (SSSR count). The van der Waals surface area contributed by atoms with Gasteiger partial charge in [-0.15, -0.1) is 0 Å². The van der Waals surface area contributed by atoms with Crippen LogP contribution < -0.4 is 5.32 Å². The zero-order valence-corrected chi connectivity index (χ0v) is 13.4. The van der Waals surface area contributed by atoms with Crippen LogP contribution in [0, 0.1) is 6.92 Å². The van der Waals surface area contributed by atoms with Crippen LogP contribution in [-0.2, 0) is 11.3 Å². The fourth-order valence-electron chi connectivity index (χ4n) is 2.21. The highest BCUT2D eigenvalue weighted by Crippen LogP contribution is 2.21. The number of anilines is 1. The molecule has 0 amide bonds. The van der Waals surface area contributed by atoms with Gasteiger partial charge in [0.05, 0.1) is 17.9 Å². The van der Waals surface area contributed by atoms with Crippen LogP contribution in [0.4, 0.5) is 5.69 Å². The van der Waals surface area contributed by atoms with Crippen molar-refractivity contribution >= 4 is 5.69 Å². The maximum atomic E-state index is 5.24. The summed E-state index contributed by atoms with van der Waals surface area (Å²) in [5, 5.41) is 11.6. The van der Waals surface area contributed by atoms with E-state index in [1.807, 2.05) is 48.9 Å². The molecular weight excluding hydrogens is 294 g/mol. The van der Waals surface area contributed by atoms with Crippen molar-refractivity contribution in [3.8, 4) is 5.69 Å². The summed E-state index contributed by atoms with van der Waals surface area (Å²) in [6, 6.07) is 9.91. The van der Waals surface area contributed by atoms with Crippen molar-refractivity contribution in [3.63, 3.8) is 0 Å². The number of benzene rings is 1. The lowest BCUT2D eigenvalue weighted by Crippen LogP contribution is -2.06. The van der Waals surface area contributed by atoms with E-state index in [0.29, 0.717) is 18.3 Å². The van der Waals surface area contributed by atoms with Gasteiger partial charge in [-0.25, -0.2) is 4.68 Å². The Hall–Kier alpha value is -2.67. The molecule has 0 radical (unpaired) electrons. The first kappa shape index (κ1) is 15.2. The Morgan fingerprint density at radius 1 is 1.30 bits per heavy atom. The molecule has 1 aromatic carbocycles. The Bertz CT molecular complexity index is 780. The minimum atomic E-state index is -0.188. The van der Waals surface area contributed by atoms with Crippen molar-refractivity contribution in [1.82, 2.24) is 19.9 Å². The smallest absolute Gasteiger partial charge is 0.246 e. The van der Waals surface area contributed by atoms with Gasteiger partial charge < -0.3 is 14.6 Å². The highest BCUT2D eigenvalue weighted by atomic mass is 16.5. The van der Waals surface area contributed by atoms with Crippen LogP contribution in [0.3, 0.4) is 0 Å². The van der Waals surface area contributed by atoms with Crippen LogP contribution in [0.25, 0.3) is 5.69 Å². The van der Waals surface area contributed by atoms with Gasteiger partial charge in [0, 0.05) is 19.0 Å². The van der Waals surface area contributed by atoms with Gasteiger partial charge in [0.25, 0.3) is 0 Å². The molecule has 0 saturated carbocycles. The van der Waals surface area contributed by atoms with Crippen LogP contribution in [-0.4, -0.2) is 27.0 Å². The van der Waals surface area contributed by atoms with E-state index in [2.05, 4.69) is 20.6 Å². The lowest BCUT2D eigenvalue weighted by atomic mass is 10.2. The van der Waals surface area contributed by atoms with Crippen LogP contribution >= 0.6 is 0 Å². The SMILES string of the molecule is COC(C)c1noc(CNc2ccccc2-n2nccc2C)n1. The topological polar surface area (TPSA) is 78.0 Å². The van der Waals surface area contributed by atoms with Gasteiger partial charge in [-0.1, -0.05) is 17.3 Å². The Kier molecular flexibility index (Phi) is 4.38. The van der Waals surface area contributed by atoms with Crippen molar-refractivity contribution in [2.75, 3.05) is 12.4 Å². The monoisotopic (exact) mass is 313 g/mol. The summed E-state index contributed by atoms with van der Waals surface area (Å²) in [6.07, 6.45) is 1.59. The maximum absolute atomic E-state index is 5.24. The Labute approximate surface area is 134 Å². The average Bonchev–Trinajstić information content (AvgIpc) is 3.21. The molecule has 120 valence electrons. The molecule has 0 fully saturated rings. The van der Waals surface area contributed by atoms with E-state index in [1.165, 1.54) is 0 Å². The van der Waals surface area contributed by atoms with Gasteiger partial charge in [-0.3, -0.25) is 0 Å². The summed E-state index contributed by atoms with van der Waals surface area (Å²) in [5.74, 6) is 1.05. The molecule has 0 aliphatic carbocycles. The van der Waals surface area contributed by atoms with Gasteiger partial charge in [0.1, 0.15) is 6.10 Å². The Morgan fingerprint density at radius 2 is 2.13 bits per heavy atom. The summed E-state index contributed by atoms with van der Waals surface area (Å²) < 4.78 is 12.3. The zero-order chi connectivity index (χ0) is 16.2. The van der Waals surface area contributed by atoms with Crippen molar-refractivity contribution in [3.05, 3.63) is 53.9 Å². The van der Waals surface area contributed by atoms with Crippen LogP contribution in [0.15, 0.2) is 41.1 Å². The van der Waals surface area contributed by atoms with Gasteiger partial charge in [-0.2, -0.15) is 10.1 Å². The number of hydrogen-bond donors (Lipinski definition) is 1. The largest absolute Gasteiger partial charge is 0.374 e. The summed E-state index contributed by atoms with van der Waals surface area (Å²) >= 11 is 0. The van der Waals surface area contributed by atoms with Gasteiger partial charge in [-0.05, 0) is 32.0 Å². The molecule has 2 heterocycles. The summed E-state index contributed by atoms with van der Waals surface area (Å²) in [5.41, 5.74) is 2.98. The maximum Gasteiger partial charge on any atom is 0.246 e. The standard InChI is InChI=1S/C16H19N5O2/c1-11-8-9-18-21(11)14-7-5-4-6-13(14)17-10-15-19-16(20-23-15)12(2)22-3/h4-9,12,17H,10H2,1-3H3. The second kappa shape index (κ2) is 6.62. The second-order valence-corrected chi connectivity index (χ2v) is 5.18. The molecule has 1 unspecified atom stereocenters. The van der Waals surface area contributed by atoms with E-state index in [-0.39, 0.29) is 6.10 Å². The van der Waals surface area contributed by atoms with E-state index >= 15 is 0 Å². The number of nitrogens with one attached hydrogen (secondary N) is 1. The summed E-state index contributed by atoms with van der Waals surface area (Å²) in [6.45, 7) is 4.32. The molecule has 0 spiro atoms. The molecule has 23 heavy (non-hydrogen) atoms. The van der Waals surface area contributed by atoms with E-state index in [4.69, 9.17) is 9.26 Å². The van der Waals surface area contributed by atoms with Crippen LogP contribution in [0.2, 0.25) is 0 Å². The summed E-state index contributed by atoms with van der Waals surface area (Å²) in [4.78, 5) is 4.32. The van der Waals surface area contributed by atoms with Gasteiger partial charge >= 0.3 is 0 Å². The first-order valence-corrected chi connectivity index (χ1v) is 7.38. The molecule has 1 atom stereocenters. The van der Waals surface area contributed by atoms with Crippen LogP contribution in [0.1, 0.15) is 30.4 Å². The third-order valence-corrected chi connectivity index (χ3v) is 3.60. The highest BCUT2D eigenvalue weighted by molar-refractivity contribution is 5.60. The molecular formula is C16H19N5O2. The molecule has 7 heteroatoms. The zero-order valence-electron chi connectivity index (χ0n) is 13.4. The van der Waals surface area contributed by atoms with Crippen LogP contribution in [0.5, 0.6) is 0 Å². The van der Waals surface area contributed by atoms with Gasteiger partial charge in [0.2, 0.25) is 5.89 Å². The van der Waals surface area contributed by atoms with E-state index in [9.17, 15) is 0 Å². The third kappa shape index (κ3) is 3.24.